The molecule has 0 aliphatic rings. The highest BCUT2D eigenvalue weighted by molar-refractivity contribution is 7.90. The smallest absolute Gasteiger partial charge is 0.255 e. The maximum Gasteiger partial charge on any atom is 0.255 e. The second-order valence-electron chi connectivity index (χ2n) is 6.81. The zero-order valence-electron chi connectivity index (χ0n) is 16.3. The number of hydrogen-bond acceptors (Lipinski definition) is 4. The number of benzene rings is 3. The Morgan fingerprint density at radius 3 is 2.21 bits per heavy atom. The first kappa shape index (κ1) is 20.6. The Morgan fingerprint density at radius 1 is 0.931 bits per heavy atom. The van der Waals surface area contributed by atoms with Crippen molar-refractivity contribution in [2.45, 2.75) is 24.5 Å². The highest BCUT2D eigenvalue weighted by Crippen LogP contribution is 2.22. The Balaban J connectivity index is 1.70. The topological polar surface area (TPSA) is 72.5 Å². The Bertz CT molecular complexity index is 1080. The van der Waals surface area contributed by atoms with E-state index in [-0.39, 0.29) is 16.8 Å². The molecule has 150 valence electrons. The van der Waals surface area contributed by atoms with Crippen molar-refractivity contribution in [3.8, 4) is 5.75 Å². The number of para-hydroxylation sites is 1. The molecule has 1 unspecified atom stereocenters. The molecule has 0 aliphatic heterocycles. The number of nitrogens with one attached hydrogen (secondary N) is 1. The molecule has 1 N–H and O–H groups in total. The molecule has 6 heteroatoms. The summed E-state index contributed by atoms with van der Waals surface area (Å²) in [6.07, 6.45) is 1.17. The molecule has 0 aliphatic carbocycles. The minimum Gasteiger partial charge on any atom is -0.488 e. The highest BCUT2D eigenvalue weighted by atomic mass is 32.2. The van der Waals surface area contributed by atoms with Gasteiger partial charge in [0.2, 0.25) is 0 Å². The van der Waals surface area contributed by atoms with Crippen LogP contribution in [0.1, 0.15) is 34.5 Å². The maximum atomic E-state index is 12.8. The second kappa shape index (κ2) is 8.92. The lowest BCUT2D eigenvalue weighted by Gasteiger charge is -2.17. The van der Waals surface area contributed by atoms with Crippen molar-refractivity contribution in [3.05, 3.63) is 95.6 Å². The van der Waals surface area contributed by atoms with Gasteiger partial charge in [0.1, 0.15) is 12.4 Å². The van der Waals surface area contributed by atoms with Crippen LogP contribution in [0.4, 0.5) is 0 Å². The summed E-state index contributed by atoms with van der Waals surface area (Å²) < 4.78 is 29.0. The molecule has 0 saturated carbocycles. The minimum absolute atomic E-state index is 0.249. The molecule has 3 aromatic rings. The van der Waals surface area contributed by atoms with E-state index in [0.717, 1.165) is 11.1 Å². The first-order valence-electron chi connectivity index (χ1n) is 9.21. The van der Waals surface area contributed by atoms with E-state index in [4.69, 9.17) is 4.74 Å². The van der Waals surface area contributed by atoms with E-state index in [1.807, 2.05) is 43.3 Å². The number of sulfone groups is 1. The Labute approximate surface area is 171 Å². The number of carbonyl (C=O) groups excluding carboxylic acids is 1. The molecule has 0 saturated heterocycles. The molecule has 0 radical (unpaired) electrons. The lowest BCUT2D eigenvalue weighted by molar-refractivity contribution is 0.0935. The van der Waals surface area contributed by atoms with E-state index in [1.165, 1.54) is 6.26 Å². The van der Waals surface area contributed by atoms with E-state index in [9.17, 15) is 13.2 Å². The van der Waals surface area contributed by atoms with Crippen LogP contribution in [0.25, 0.3) is 0 Å². The Hall–Kier alpha value is -3.12. The monoisotopic (exact) mass is 409 g/mol. The standard InChI is InChI=1S/C23H23NO4S/c1-17(19-12-14-20(15-13-19)29(2,26)27)24-23(25)21-10-6-7-11-22(21)28-16-18-8-4-3-5-9-18/h3-15,17H,16H2,1-2H3,(H,24,25). The third-order valence-electron chi connectivity index (χ3n) is 4.52. The predicted octanol–water partition coefficient (Wildman–Crippen LogP) is 4.16. The average molecular weight is 410 g/mol. The van der Waals surface area contributed by atoms with E-state index in [0.29, 0.717) is 17.9 Å². The van der Waals surface area contributed by atoms with Gasteiger partial charge in [-0.3, -0.25) is 4.79 Å². The van der Waals surface area contributed by atoms with Crippen molar-refractivity contribution in [2.75, 3.05) is 6.26 Å². The molecule has 5 nitrogen and oxygen atoms in total. The molecule has 0 bridgehead atoms. The second-order valence-corrected chi connectivity index (χ2v) is 8.82. The summed E-state index contributed by atoms with van der Waals surface area (Å²) in [6.45, 7) is 2.22. The third kappa shape index (κ3) is 5.45. The van der Waals surface area contributed by atoms with Crippen LogP contribution in [0.3, 0.4) is 0 Å². The zero-order chi connectivity index (χ0) is 20.9. The van der Waals surface area contributed by atoms with Crippen LogP contribution in [0.5, 0.6) is 5.75 Å². The molecule has 0 spiro atoms. The van der Waals surface area contributed by atoms with E-state index in [2.05, 4.69) is 5.32 Å². The average Bonchev–Trinajstić information content (AvgIpc) is 2.72. The van der Waals surface area contributed by atoms with E-state index >= 15 is 0 Å². The van der Waals surface area contributed by atoms with E-state index < -0.39 is 9.84 Å². The maximum absolute atomic E-state index is 12.8. The lowest BCUT2D eigenvalue weighted by Crippen LogP contribution is -2.27. The minimum atomic E-state index is -3.25. The molecular formula is C23H23NO4S. The van der Waals surface area contributed by atoms with E-state index in [1.54, 1.807) is 42.5 Å². The van der Waals surface area contributed by atoms with Gasteiger partial charge in [-0.15, -0.1) is 0 Å². The summed E-state index contributed by atoms with van der Waals surface area (Å²) in [4.78, 5) is 13.0. The first-order valence-corrected chi connectivity index (χ1v) is 11.1. The van der Waals surface area contributed by atoms with Crippen LogP contribution in [-0.4, -0.2) is 20.6 Å². The molecule has 3 aromatic carbocycles. The summed E-state index contributed by atoms with van der Waals surface area (Å²) in [5, 5.41) is 2.94. The van der Waals surface area contributed by atoms with Crippen LogP contribution in [0.2, 0.25) is 0 Å². The summed E-state index contributed by atoms with van der Waals surface area (Å²) in [7, 11) is -3.25. The van der Waals surface area contributed by atoms with Crippen molar-refractivity contribution in [1.29, 1.82) is 0 Å². The molecule has 1 amide bonds. The Kier molecular flexibility index (Phi) is 6.34. The lowest BCUT2D eigenvalue weighted by atomic mass is 10.1. The van der Waals surface area contributed by atoms with Crippen molar-refractivity contribution < 1.29 is 17.9 Å². The molecule has 0 heterocycles. The van der Waals surface area contributed by atoms with Crippen LogP contribution in [0.15, 0.2) is 83.8 Å². The fourth-order valence-electron chi connectivity index (χ4n) is 2.88. The molecular weight excluding hydrogens is 386 g/mol. The summed E-state index contributed by atoms with van der Waals surface area (Å²) in [5.74, 6) is 0.252. The molecule has 0 fully saturated rings. The summed E-state index contributed by atoms with van der Waals surface area (Å²) in [6, 6.07) is 23.1. The van der Waals surface area contributed by atoms with Gasteiger partial charge in [0.25, 0.3) is 5.91 Å². The van der Waals surface area contributed by atoms with Gasteiger partial charge in [0.05, 0.1) is 16.5 Å². The van der Waals surface area contributed by atoms with Crippen LogP contribution >= 0.6 is 0 Å². The largest absolute Gasteiger partial charge is 0.488 e. The summed E-state index contributed by atoms with van der Waals surface area (Å²) in [5.41, 5.74) is 2.28. The van der Waals surface area contributed by atoms with Crippen molar-refractivity contribution in [1.82, 2.24) is 5.32 Å². The van der Waals surface area contributed by atoms with Gasteiger partial charge in [-0.25, -0.2) is 8.42 Å². The quantitative estimate of drug-likeness (QED) is 0.636. The molecule has 29 heavy (non-hydrogen) atoms. The number of rotatable bonds is 7. The van der Waals surface area contributed by atoms with Crippen LogP contribution in [0, 0.1) is 0 Å². The fraction of sp³-hybridized carbons (Fsp3) is 0.174. The van der Waals surface area contributed by atoms with Gasteiger partial charge < -0.3 is 10.1 Å². The highest BCUT2D eigenvalue weighted by Gasteiger charge is 2.16. The zero-order valence-corrected chi connectivity index (χ0v) is 17.1. The predicted molar refractivity (Wildman–Crippen MR) is 113 cm³/mol. The number of hydrogen-bond donors (Lipinski definition) is 1. The fourth-order valence-corrected chi connectivity index (χ4v) is 3.51. The number of carbonyl (C=O) groups is 1. The van der Waals surface area contributed by atoms with Crippen molar-refractivity contribution >= 4 is 15.7 Å². The summed E-state index contributed by atoms with van der Waals surface area (Å²) >= 11 is 0. The third-order valence-corrected chi connectivity index (χ3v) is 5.65. The molecule has 1 atom stereocenters. The van der Waals surface area contributed by atoms with Gasteiger partial charge in [-0.1, -0.05) is 54.6 Å². The van der Waals surface area contributed by atoms with Crippen LogP contribution in [-0.2, 0) is 16.4 Å². The molecule has 3 rings (SSSR count). The number of ether oxygens (including phenoxy) is 1. The van der Waals surface area contributed by atoms with Crippen molar-refractivity contribution in [3.63, 3.8) is 0 Å². The van der Waals surface area contributed by atoms with Gasteiger partial charge in [0.15, 0.2) is 9.84 Å². The van der Waals surface area contributed by atoms with Gasteiger partial charge in [-0.05, 0) is 42.3 Å². The normalized spacial score (nSPS) is 12.2. The van der Waals surface area contributed by atoms with Crippen molar-refractivity contribution in [2.24, 2.45) is 0 Å². The number of amides is 1. The van der Waals surface area contributed by atoms with Gasteiger partial charge in [0, 0.05) is 6.26 Å². The SMILES string of the molecule is CC(NC(=O)c1ccccc1OCc1ccccc1)c1ccc(S(C)(=O)=O)cc1. The van der Waals surface area contributed by atoms with Gasteiger partial charge in [-0.2, -0.15) is 0 Å². The Morgan fingerprint density at radius 2 is 1.55 bits per heavy atom. The van der Waals surface area contributed by atoms with Gasteiger partial charge >= 0.3 is 0 Å². The molecule has 0 aromatic heterocycles. The first-order chi connectivity index (χ1) is 13.8. The van der Waals surface area contributed by atoms with Crippen LogP contribution < -0.4 is 10.1 Å².